The summed E-state index contributed by atoms with van der Waals surface area (Å²) < 4.78 is 0. The van der Waals surface area contributed by atoms with Crippen molar-refractivity contribution < 1.29 is 4.79 Å². The number of anilines is 1. The lowest BCUT2D eigenvalue weighted by atomic mass is 10.1. The summed E-state index contributed by atoms with van der Waals surface area (Å²) >= 11 is 0. The molecule has 0 aliphatic heterocycles. The van der Waals surface area contributed by atoms with Crippen molar-refractivity contribution in [1.29, 1.82) is 0 Å². The van der Waals surface area contributed by atoms with E-state index >= 15 is 0 Å². The predicted octanol–water partition coefficient (Wildman–Crippen LogP) is 1.20. The Morgan fingerprint density at radius 3 is 2.73 bits per heavy atom. The van der Waals surface area contributed by atoms with Crippen molar-refractivity contribution in [3.8, 4) is 0 Å². The summed E-state index contributed by atoms with van der Waals surface area (Å²) in [6.45, 7) is 2.00. The predicted molar refractivity (Wildman–Crippen MR) is 58.5 cm³/mol. The Morgan fingerprint density at radius 2 is 2.27 bits per heavy atom. The lowest BCUT2D eigenvalue weighted by Gasteiger charge is -2.09. The highest BCUT2D eigenvalue weighted by atomic mass is 16.1. The van der Waals surface area contributed by atoms with Crippen LogP contribution in [0.5, 0.6) is 0 Å². The Hall–Kier alpha value is -1.58. The molecule has 1 aliphatic carbocycles. The maximum atomic E-state index is 11.2. The highest BCUT2D eigenvalue weighted by molar-refractivity contribution is 5.96. The van der Waals surface area contributed by atoms with Gasteiger partial charge in [-0.3, -0.25) is 4.79 Å². The number of nitrogen functional groups attached to an aromatic ring is 1. The molecular formula is C11H15N3O. The molecule has 80 valence electrons. The average molecular weight is 205 g/mol. The molecule has 0 atom stereocenters. The zero-order chi connectivity index (χ0) is 11.0. The van der Waals surface area contributed by atoms with Crippen LogP contribution in [0.2, 0.25) is 0 Å². The zero-order valence-corrected chi connectivity index (χ0v) is 8.79. The van der Waals surface area contributed by atoms with Crippen LogP contribution < -0.4 is 11.5 Å². The number of carbonyl (C=O) groups excluding carboxylic acids is 1. The Bertz CT molecular complexity index is 411. The second-order valence-electron chi connectivity index (χ2n) is 3.96. The van der Waals surface area contributed by atoms with Gasteiger partial charge in [0.15, 0.2) is 5.69 Å². The van der Waals surface area contributed by atoms with Gasteiger partial charge in [0.2, 0.25) is 0 Å². The molecule has 1 aromatic rings. The van der Waals surface area contributed by atoms with E-state index in [0.717, 1.165) is 30.5 Å². The van der Waals surface area contributed by atoms with Crippen LogP contribution in [0.1, 0.15) is 47.4 Å². The van der Waals surface area contributed by atoms with E-state index in [4.69, 9.17) is 11.5 Å². The Labute approximate surface area is 88.7 Å². The fraction of sp³-hybridized carbons (Fsp3) is 0.455. The van der Waals surface area contributed by atoms with Gasteiger partial charge in [0, 0.05) is 5.69 Å². The number of nitrogens with zero attached hydrogens (tertiary/aromatic N) is 1. The number of aromatic nitrogens is 1. The van der Waals surface area contributed by atoms with Gasteiger partial charge in [0.25, 0.3) is 5.91 Å². The SMILES string of the molecule is CCc1cc(C2CC2)c(N)c(C(N)=O)n1. The van der Waals surface area contributed by atoms with Gasteiger partial charge in [-0.2, -0.15) is 0 Å². The summed E-state index contributed by atoms with van der Waals surface area (Å²) in [6.07, 6.45) is 3.09. The van der Waals surface area contributed by atoms with Gasteiger partial charge in [-0.25, -0.2) is 4.98 Å². The third-order valence-electron chi connectivity index (χ3n) is 2.76. The minimum Gasteiger partial charge on any atom is -0.397 e. The van der Waals surface area contributed by atoms with Gasteiger partial charge >= 0.3 is 0 Å². The maximum Gasteiger partial charge on any atom is 0.269 e. The largest absolute Gasteiger partial charge is 0.397 e. The van der Waals surface area contributed by atoms with E-state index in [-0.39, 0.29) is 5.69 Å². The summed E-state index contributed by atoms with van der Waals surface area (Å²) in [4.78, 5) is 15.3. The fourth-order valence-electron chi connectivity index (χ4n) is 1.73. The molecule has 0 unspecified atom stereocenters. The van der Waals surface area contributed by atoms with E-state index in [1.807, 2.05) is 13.0 Å². The van der Waals surface area contributed by atoms with Crippen molar-refractivity contribution in [1.82, 2.24) is 4.98 Å². The van der Waals surface area contributed by atoms with Crippen molar-refractivity contribution >= 4 is 11.6 Å². The minimum absolute atomic E-state index is 0.233. The average Bonchev–Trinajstić information content (AvgIpc) is 3.01. The van der Waals surface area contributed by atoms with E-state index in [1.54, 1.807) is 0 Å². The molecule has 1 fully saturated rings. The number of primary amides is 1. The van der Waals surface area contributed by atoms with Crippen LogP contribution in [-0.2, 0) is 6.42 Å². The molecule has 4 heteroatoms. The van der Waals surface area contributed by atoms with Crippen molar-refractivity contribution in [3.05, 3.63) is 23.0 Å². The van der Waals surface area contributed by atoms with Crippen molar-refractivity contribution in [2.75, 3.05) is 5.73 Å². The highest BCUT2D eigenvalue weighted by Gasteiger charge is 2.28. The van der Waals surface area contributed by atoms with Gasteiger partial charge in [-0.15, -0.1) is 0 Å². The topological polar surface area (TPSA) is 82.0 Å². The van der Waals surface area contributed by atoms with Crippen LogP contribution in [-0.4, -0.2) is 10.9 Å². The Balaban J connectivity index is 2.53. The molecule has 4 nitrogen and oxygen atoms in total. The third kappa shape index (κ3) is 1.79. The molecule has 0 bridgehead atoms. The standard InChI is InChI=1S/C11H15N3O/c1-2-7-5-8(6-3-4-6)9(12)10(14-7)11(13)15/h5-6H,2-4,12H2,1H3,(H2,13,15). The number of rotatable bonds is 3. The fourth-order valence-corrected chi connectivity index (χ4v) is 1.73. The quantitative estimate of drug-likeness (QED) is 0.777. The number of hydrogen-bond acceptors (Lipinski definition) is 3. The second-order valence-corrected chi connectivity index (χ2v) is 3.96. The second kappa shape index (κ2) is 3.53. The van der Waals surface area contributed by atoms with Gasteiger partial charge in [-0.1, -0.05) is 6.92 Å². The van der Waals surface area contributed by atoms with E-state index < -0.39 is 5.91 Å². The normalized spacial score (nSPS) is 15.3. The molecule has 1 amide bonds. The summed E-state index contributed by atoms with van der Waals surface area (Å²) in [5.74, 6) is -0.0268. The Kier molecular flexibility index (Phi) is 2.34. The molecule has 15 heavy (non-hydrogen) atoms. The monoisotopic (exact) mass is 205 g/mol. The van der Waals surface area contributed by atoms with Crippen LogP contribution in [0, 0.1) is 0 Å². The highest BCUT2D eigenvalue weighted by Crippen LogP contribution is 2.43. The van der Waals surface area contributed by atoms with Crippen LogP contribution in [0.4, 0.5) is 5.69 Å². The number of carbonyl (C=O) groups is 1. The van der Waals surface area contributed by atoms with Gasteiger partial charge in [0.05, 0.1) is 5.69 Å². The first-order chi connectivity index (χ1) is 7.13. The first-order valence-corrected chi connectivity index (χ1v) is 5.22. The first-order valence-electron chi connectivity index (χ1n) is 5.22. The van der Waals surface area contributed by atoms with E-state index in [9.17, 15) is 4.79 Å². The molecule has 1 aromatic heterocycles. The van der Waals surface area contributed by atoms with Crippen LogP contribution >= 0.6 is 0 Å². The van der Waals surface area contributed by atoms with Gasteiger partial charge in [0.1, 0.15) is 0 Å². The van der Waals surface area contributed by atoms with Gasteiger partial charge < -0.3 is 11.5 Å². The van der Waals surface area contributed by atoms with E-state index in [0.29, 0.717) is 11.6 Å². The zero-order valence-electron chi connectivity index (χ0n) is 8.79. The number of pyridine rings is 1. The molecule has 1 aliphatic rings. The molecule has 0 radical (unpaired) electrons. The van der Waals surface area contributed by atoms with Crippen molar-refractivity contribution in [2.45, 2.75) is 32.1 Å². The lowest BCUT2D eigenvalue weighted by molar-refractivity contribution is 0.0996. The van der Waals surface area contributed by atoms with Crippen LogP contribution in [0.15, 0.2) is 6.07 Å². The molecular weight excluding hydrogens is 190 g/mol. The van der Waals surface area contributed by atoms with Crippen molar-refractivity contribution in [3.63, 3.8) is 0 Å². The van der Waals surface area contributed by atoms with Crippen LogP contribution in [0.3, 0.4) is 0 Å². The van der Waals surface area contributed by atoms with Gasteiger partial charge in [-0.05, 0) is 36.8 Å². The summed E-state index contributed by atoms with van der Waals surface area (Å²) in [7, 11) is 0. The van der Waals surface area contributed by atoms with Crippen molar-refractivity contribution in [2.24, 2.45) is 5.73 Å². The molecule has 0 aromatic carbocycles. The van der Waals surface area contributed by atoms with E-state index in [2.05, 4.69) is 4.98 Å². The molecule has 1 heterocycles. The summed E-state index contributed by atoms with van der Waals surface area (Å²) in [5, 5.41) is 0. The molecule has 0 saturated heterocycles. The first kappa shape index (κ1) is 9.96. The lowest BCUT2D eigenvalue weighted by Crippen LogP contribution is -2.17. The number of amides is 1. The molecule has 0 spiro atoms. The van der Waals surface area contributed by atoms with E-state index in [1.165, 1.54) is 0 Å². The number of hydrogen-bond donors (Lipinski definition) is 2. The number of nitrogens with two attached hydrogens (primary N) is 2. The third-order valence-corrected chi connectivity index (χ3v) is 2.76. The molecule has 2 rings (SSSR count). The smallest absolute Gasteiger partial charge is 0.269 e. The Morgan fingerprint density at radius 1 is 1.60 bits per heavy atom. The minimum atomic E-state index is -0.537. The maximum absolute atomic E-state index is 11.2. The molecule has 1 saturated carbocycles. The molecule has 4 N–H and O–H groups in total. The summed E-state index contributed by atoms with van der Waals surface area (Å²) in [5.41, 5.74) is 13.8. The van der Waals surface area contributed by atoms with Crippen LogP contribution in [0.25, 0.3) is 0 Å². The number of aryl methyl sites for hydroxylation is 1. The summed E-state index contributed by atoms with van der Waals surface area (Å²) in [6, 6.07) is 2.00.